The SMILES string of the molecule is C=CN=C(Nc1cc(C(F)(F)F)cnn1)C(=C)N(C)CCOC. The molecule has 0 fully saturated rings. The van der Waals surface area contributed by atoms with Crippen LogP contribution in [0, 0.1) is 0 Å². The van der Waals surface area contributed by atoms with Gasteiger partial charge in [-0.1, -0.05) is 13.2 Å². The number of nitrogens with one attached hydrogen (secondary N) is 1. The smallest absolute Gasteiger partial charge is 0.383 e. The summed E-state index contributed by atoms with van der Waals surface area (Å²) in [7, 11) is 3.31. The van der Waals surface area contributed by atoms with Gasteiger partial charge >= 0.3 is 6.18 Å². The Morgan fingerprint density at radius 2 is 2.22 bits per heavy atom. The average Bonchev–Trinajstić information content (AvgIpc) is 2.51. The molecule has 1 rings (SSSR count). The summed E-state index contributed by atoms with van der Waals surface area (Å²) in [5, 5.41) is 9.63. The lowest BCUT2D eigenvalue weighted by molar-refractivity contribution is -0.137. The maximum atomic E-state index is 12.7. The minimum absolute atomic E-state index is 0.0956. The number of nitrogens with zero attached hydrogens (tertiary/aromatic N) is 4. The highest BCUT2D eigenvalue weighted by molar-refractivity contribution is 6.06. The minimum atomic E-state index is -4.51. The third kappa shape index (κ3) is 5.70. The predicted molar refractivity (Wildman–Crippen MR) is 81.9 cm³/mol. The Kier molecular flexibility index (Phi) is 6.70. The van der Waals surface area contributed by atoms with Crippen LogP contribution >= 0.6 is 0 Å². The van der Waals surface area contributed by atoms with Crippen molar-refractivity contribution in [3.8, 4) is 0 Å². The Bertz CT molecular complexity index is 586. The lowest BCUT2D eigenvalue weighted by atomic mass is 10.3. The van der Waals surface area contributed by atoms with E-state index in [9.17, 15) is 13.2 Å². The van der Waals surface area contributed by atoms with E-state index in [1.54, 1.807) is 19.1 Å². The van der Waals surface area contributed by atoms with Gasteiger partial charge in [0.15, 0.2) is 11.7 Å². The van der Waals surface area contributed by atoms with Crippen LogP contribution in [0.25, 0.3) is 0 Å². The second kappa shape index (κ2) is 8.28. The van der Waals surface area contributed by atoms with E-state index in [1.807, 2.05) is 0 Å². The van der Waals surface area contributed by atoms with Crippen molar-refractivity contribution >= 4 is 11.7 Å². The van der Waals surface area contributed by atoms with Crippen molar-refractivity contribution in [1.29, 1.82) is 0 Å². The van der Waals surface area contributed by atoms with E-state index in [0.717, 1.165) is 6.07 Å². The second-order valence-corrected chi connectivity index (χ2v) is 4.47. The van der Waals surface area contributed by atoms with E-state index < -0.39 is 11.7 Å². The molecule has 0 aromatic carbocycles. The molecule has 0 radical (unpaired) electrons. The van der Waals surface area contributed by atoms with Crippen molar-refractivity contribution in [2.45, 2.75) is 6.18 Å². The molecule has 0 aliphatic heterocycles. The molecule has 0 aliphatic carbocycles. The third-order valence-corrected chi connectivity index (χ3v) is 2.81. The maximum Gasteiger partial charge on any atom is 0.418 e. The number of alkyl halides is 3. The molecule has 0 bridgehead atoms. The fourth-order valence-corrected chi connectivity index (χ4v) is 1.52. The molecule has 0 unspecified atom stereocenters. The maximum absolute atomic E-state index is 12.7. The van der Waals surface area contributed by atoms with E-state index >= 15 is 0 Å². The molecular formula is C14H18F3N5O. The van der Waals surface area contributed by atoms with Crippen LogP contribution in [0.1, 0.15) is 5.56 Å². The summed E-state index contributed by atoms with van der Waals surface area (Å²) in [6.45, 7) is 8.32. The van der Waals surface area contributed by atoms with Gasteiger partial charge in [0.05, 0.1) is 24.1 Å². The molecule has 0 atom stereocenters. The topological polar surface area (TPSA) is 62.6 Å². The Balaban J connectivity index is 2.95. The first kappa shape index (κ1) is 18.6. The van der Waals surface area contributed by atoms with E-state index in [-0.39, 0.29) is 11.7 Å². The number of rotatable bonds is 7. The van der Waals surface area contributed by atoms with Crippen LogP contribution in [0.15, 0.2) is 42.3 Å². The number of hydrogen-bond donors (Lipinski definition) is 1. The van der Waals surface area contributed by atoms with Crippen LogP contribution in [0.2, 0.25) is 0 Å². The molecule has 1 heterocycles. The van der Waals surface area contributed by atoms with E-state index in [2.05, 4.69) is 33.7 Å². The Morgan fingerprint density at radius 3 is 2.78 bits per heavy atom. The number of ether oxygens (including phenoxy) is 1. The number of hydrogen-bond acceptors (Lipinski definition) is 5. The minimum Gasteiger partial charge on any atom is -0.383 e. The zero-order chi connectivity index (χ0) is 17.5. The van der Waals surface area contributed by atoms with Gasteiger partial charge in [-0.25, -0.2) is 4.99 Å². The lowest BCUT2D eigenvalue weighted by Gasteiger charge is -2.22. The van der Waals surface area contributed by atoms with E-state index in [0.29, 0.717) is 25.0 Å². The van der Waals surface area contributed by atoms with Gasteiger partial charge in [-0.05, 0) is 6.07 Å². The van der Waals surface area contributed by atoms with Gasteiger partial charge in [-0.15, -0.1) is 5.10 Å². The zero-order valence-corrected chi connectivity index (χ0v) is 12.9. The third-order valence-electron chi connectivity index (χ3n) is 2.81. The molecule has 1 aromatic heterocycles. The summed E-state index contributed by atoms with van der Waals surface area (Å²) in [5.74, 6) is 0.119. The molecule has 23 heavy (non-hydrogen) atoms. The summed E-state index contributed by atoms with van der Waals surface area (Å²) in [4.78, 5) is 5.71. The van der Waals surface area contributed by atoms with Crippen LogP contribution in [0.4, 0.5) is 19.0 Å². The number of aromatic nitrogens is 2. The van der Waals surface area contributed by atoms with Crippen LogP contribution in [-0.4, -0.2) is 48.2 Å². The van der Waals surface area contributed by atoms with Crippen LogP contribution in [0.5, 0.6) is 0 Å². The quantitative estimate of drug-likeness (QED) is 0.615. The second-order valence-electron chi connectivity index (χ2n) is 4.47. The highest BCUT2D eigenvalue weighted by atomic mass is 19.4. The number of aliphatic imine (C=N–C) groups is 1. The highest BCUT2D eigenvalue weighted by Gasteiger charge is 2.31. The lowest BCUT2D eigenvalue weighted by Crippen LogP contribution is -2.30. The van der Waals surface area contributed by atoms with Crippen LogP contribution < -0.4 is 5.32 Å². The number of anilines is 1. The van der Waals surface area contributed by atoms with Crippen LogP contribution in [0.3, 0.4) is 0 Å². The first-order valence-corrected chi connectivity index (χ1v) is 6.54. The number of amidine groups is 1. The fourth-order valence-electron chi connectivity index (χ4n) is 1.52. The van der Waals surface area contributed by atoms with Gasteiger partial charge in [0.2, 0.25) is 0 Å². The van der Waals surface area contributed by atoms with Crippen molar-refractivity contribution < 1.29 is 17.9 Å². The van der Waals surface area contributed by atoms with E-state index in [1.165, 1.54) is 6.20 Å². The molecule has 1 aromatic rings. The summed E-state index contributed by atoms with van der Waals surface area (Å²) in [5.41, 5.74) is -0.465. The van der Waals surface area contributed by atoms with Gasteiger partial charge in [-0.3, -0.25) is 0 Å². The van der Waals surface area contributed by atoms with Crippen molar-refractivity contribution in [2.75, 3.05) is 32.6 Å². The Labute approximate surface area is 132 Å². The molecule has 0 aliphatic rings. The Morgan fingerprint density at radius 1 is 1.52 bits per heavy atom. The van der Waals surface area contributed by atoms with Gasteiger partial charge < -0.3 is 15.0 Å². The average molecular weight is 329 g/mol. The summed E-state index contributed by atoms with van der Waals surface area (Å²) >= 11 is 0. The molecule has 9 heteroatoms. The molecule has 1 N–H and O–H groups in total. The summed E-state index contributed by atoms with van der Waals surface area (Å²) < 4.78 is 43.1. The first-order chi connectivity index (χ1) is 10.8. The number of methoxy groups -OCH3 is 1. The standard InChI is InChI=1S/C14H18F3N5O/c1-5-18-13(10(2)22(3)6-7-23-4)20-12-8-11(9-19-21-12)14(15,16)17/h5,8-9H,1-2,6-7H2,3-4H3,(H,18,20,21). The first-order valence-electron chi connectivity index (χ1n) is 6.54. The van der Waals surface area contributed by atoms with Crippen LogP contribution in [-0.2, 0) is 10.9 Å². The van der Waals surface area contributed by atoms with Gasteiger partial charge in [0, 0.05) is 26.9 Å². The molecule has 0 saturated carbocycles. The fraction of sp³-hybridized carbons (Fsp3) is 0.357. The van der Waals surface area contributed by atoms with Crippen molar-refractivity contribution in [3.63, 3.8) is 0 Å². The van der Waals surface area contributed by atoms with Gasteiger partial charge in [0.1, 0.15) is 0 Å². The van der Waals surface area contributed by atoms with Crippen molar-refractivity contribution in [2.24, 2.45) is 4.99 Å². The largest absolute Gasteiger partial charge is 0.418 e. The molecule has 0 amide bonds. The zero-order valence-electron chi connectivity index (χ0n) is 12.9. The summed E-state index contributed by atoms with van der Waals surface area (Å²) in [6.07, 6.45) is -2.61. The molecule has 0 spiro atoms. The summed E-state index contributed by atoms with van der Waals surface area (Å²) in [6, 6.07) is 0.841. The van der Waals surface area contributed by atoms with E-state index in [4.69, 9.17) is 4.74 Å². The predicted octanol–water partition coefficient (Wildman–Crippen LogP) is 2.54. The number of halogens is 3. The van der Waals surface area contributed by atoms with Crippen molar-refractivity contribution in [3.05, 3.63) is 42.9 Å². The van der Waals surface area contributed by atoms with Gasteiger partial charge in [0.25, 0.3) is 0 Å². The molecule has 0 saturated heterocycles. The molecule has 126 valence electrons. The number of likely N-dealkylation sites (N-methyl/N-ethyl adjacent to an activating group) is 1. The normalized spacial score (nSPS) is 12.0. The van der Waals surface area contributed by atoms with Crippen molar-refractivity contribution in [1.82, 2.24) is 15.1 Å². The monoisotopic (exact) mass is 329 g/mol. The highest BCUT2D eigenvalue weighted by Crippen LogP contribution is 2.29. The van der Waals surface area contributed by atoms with Gasteiger partial charge in [-0.2, -0.15) is 18.3 Å². The Hall–Kier alpha value is -2.42. The molecule has 6 nitrogen and oxygen atoms in total. The molecular weight excluding hydrogens is 311 g/mol.